The van der Waals surface area contributed by atoms with Crippen LogP contribution in [0, 0.1) is 5.92 Å². The van der Waals surface area contributed by atoms with Gasteiger partial charge in [0, 0.05) is 13.1 Å². The number of aliphatic hydroxyl groups is 1. The summed E-state index contributed by atoms with van der Waals surface area (Å²) in [5, 5.41) is 10.3. The second-order valence-corrected chi connectivity index (χ2v) is 5.48. The number of aliphatic hydroxyl groups excluding tert-OH is 1. The molecule has 2 nitrogen and oxygen atoms in total. The monoisotopic (exact) mass is 263 g/mol. The summed E-state index contributed by atoms with van der Waals surface area (Å²) in [5.74, 6) is 0.689. The van der Waals surface area contributed by atoms with E-state index in [1.54, 1.807) is 0 Å². The van der Waals surface area contributed by atoms with Gasteiger partial charge in [-0.1, -0.05) is 58.4 Å². The molecule has 0 aliphatic heterocycles. The van der Waals surface area contributed by atoms with E-state index in [4.69, 9.17) is 0 Å². The molecular weight excluding hydrogens is 234 g/mol. The van der Waals surface area contributed by atoms with Gasteiger partial charge in [0.2, 0.25) is 0 Å². The van der Waals surface area contributed by atoms with Crippen molar-refractivity contribution in [3.8, 4) is 0 Å². The number of likely N-dealkylation sites (N-methyl/N-ethyl adjacent to an activating group) is 1. The van der Waals surface area contributed by atoms with E-state index >= 15 is 0 Å². The van der Waals surface area contributed by atoms with Crippen LogP contribution in [0.3, 0.4) is 0 Å². The zero-order valence-corrected chi connectivity index (χ0v) is 12.9. The quantitative estimate of drug-likeness (QED) is 0.774. The Morgan fingerprint density at radius 2 is 1.68 bits per heavy atom. The summed E-state index contributed by atoms with van der Waals surface area (Å²) in [7, 11) is 0. The molecule has 1 aromatic carbocycles. The van der Waals surface area contributed by atoms with Crippen LogP contribution in [0.5, 0.6) is 0 Å². The van der Waals surface area contributed by atoms with Crippen LogP contribution in [0.2, 0.25) is 0 Å². The fraction of sp³-hybridized carbons (Fsp3) is 0.647. The number of hydrogen-bond acceptors (Lipinski definition) is 2. The Labute approximate surface area is 118 Å². The lowest BCUT2D eigenvalue weighted by Crippen LogP contribution is -2.32. The Morgan fingerprint density at radius 3 is 2.16 bits per heavy atom. The minimum Gasteiger partial charge on any atom is -0.387 e. The van der Waals surface area contributed by atoms with Gasteiger partial charge in [0.15, 0.2) is 0 Å². The first kappa shape index (κ1) is 16.2. The molecule has 0 fully saturated rings. The average molecular weight is 263 g/mol. The predicted molar refractivity (Wildman–Crippen MR) is 82.3 cm³/mol. The summed E-state index contributed by atoms with van der Waals surface area (Å²) < 4.78 is 0. The van der Waals surface area contributed by atoms with E-state index in [-0.39, 0.29) is 6.10 Å². The molecular formula is C17H29NO. The third-order valence-corrected chi connectivity index (χ3v) is 3.92. The van der Waals surface area contributed by atoms with Gasteiger partial charge in [0.05, 0.1) is 6.10 Å². The Balaban J connectivity index is 2.57. The van der Waals surface area contributed by atoms with E-state index in [0.29, 0.717) is 5.92 Å². The molecule has 1 N–H and O–H groups in total. The Bertz CT molecular complexity index is 347. The number of hydrogen-bond donors (Lipinski definition) is 1. The van der Waals surface area contributed by atoms with E-state index < -0.39 is 0 Å². The van der Waals surface area contributed by atoms with Gasteiger partial charge in [-0.15, -0.1) is 0 Å². The van der Waals surface area contributed by atoms with Crippen molar-refractivity contribution < 1.29 is 5.11 Å². The maximum atomic E-state index is 10.3. The maximum absolute atomic E-state index is 10.3. The van der Waals surface area contributed by atoms with Gasteiger partial charge in [-0.3, -0.25) is 0 Å². The molecule has 0 aromatic heterocycles. The first-order valence-electron chi connectivity index (χ1n) is 7.59. The average Bonchev–Trinajstić information content (AvgIpc) is 2.46. The lowest BCUT2D eigenvalue weighted by atomic mass is 10.0. The van der Waals surface area contributed by atoms with Crippen LogP contribution in [0.1, 0.15) is 51.3 Å². The fourth-order valence-corrected chi connectivity index (χ4v) is 2.23. The molecule has 0 bridgehead atoms. The number of benzene rings is 1. The van der Waals surface area contributed by atoms with Crippen molar-refractivity contribution in [2.24, 2.45) is 5.92 Å². The first-order valence-corrected chi connectivity index (χ1v) is 7.59. The molecule has 0 aliphatic rings. The van der Waals surface area contributed by atoms with Crippen LogP contribution in [0.4, 0.5) is 0 Å². The number of nitrogens with zero attached hydrogens (tertiary/aromatic N) is 1. The number of rotatable bonds is 8. The van der Waals surface area contributed by atoms with Crippen LogP contribution in [0.25, 0.3) is 0 Å². The van der Waals surface area contributed by atoms with Crippen LogP contribution in [-0.4, -0.2) is 29.6 Å². The predicted octanol–water partition coefficient (Wildman–Crippen LogP) is 3.65. The van der Waals surface area contributed by atoms with Crippen molar-refractivity contribution >= 4 is 0 Å². The third kappa shape index (κ3) is 5.33. The molecule has 0 aliphatic carbocycles. The van der Waals surface area contributed by atoms with Crippen molar-refractivity contribution in [3.05, 3.63) is 35.4 Å². The van der Waals surface area contributed by atoms with Crippen LogP contribution >= 0.6 is 0 Å². The zero-order chi connectivity index (χ0) is 14.3. The molecule has 2 heteroatoms. The molecule has 1 rings (SSSR count). The smallest absolute Gasteiger partial charge is 0.0916 e. The van der Waals surface area contributed by atoms with Crippen LogP contribution in [0.15, 0.2) is 24.3 Å². The molecule has 19 heavy (non-hydrogen) atoms. The van der Waals surface area contributed by atoms with Crippen molar-refractivity contribution in [1.29, 1.82) is 0 Å². The molecule has 0 radical (unpaired) electrons. The normalized spacial score (nSPS) is 14.6. The van der Waals surface area contributed by atoms with Crippen molar-refractivity contribution in [1.82, 2.24) is 4.90 Å². The van der Waals surface area contributed by atoms with Crippen molar-refractivity contribution in [3.63, 3.8) is 0 Å². The molecule has 0 amide bonds. The van der Waals surface area contributed by atoms with E-state index in [0.717, 1.165) is 31.6 Å². The summed E-state index contributed by atoms with van der Waals surface area (Å²) in [6.45, 7) is 11.6. The molecule has 0 saturated heterocycles. The molecule has 0 heterocycles. The summed E-state index contributed by atoms with van der Waals surface area (Å²) in [6, 6.07) is 8.34. The van der Waals surface area contributed by atoms with Crippen molar-refractivity contribution in [2.75, 3.05) is 19.6 Å². The van der Waals surface area contributed by atoms with Gasteiger partial charge in [0.25, 0.3) is 0 Å². The molecule has 0 spiro atoms. The molecule has 2 unspecified atom stereocenters. The minimum absolute atomic E-state index is 0.380. The second kappa shape index (κ2) is 8.34. The fourth-order valence-electron chi connectivity index (χ4n) is 2.23. The van der Waals surface area contributed by atoms with Gasteiger partial charge in [-0.05, 0) is 30.0 Å². The lowest BCUT2D eigenvalue weighted by molar-refractivity contribution is 0.107. The van der Waals surface area contributed by atoms with Gasteiger partial charge >= 0.3 is 0 Å². The highest BCUT2D eigenvalue weighted by atomic mass is 16.3. The third-order valence-electron chi connectivity index (χ3n) is 3.92. The lowest BCUT2D eigenvalue weighted by Gasteiger charge is -2.26. The van der Waals surface area contributed by atoms with Gasteiger partial charge in [-0.2, -0.15) is 0 Å². The summed E-state index contributed by atoms with van der Waals surface area (Å²) in [5.41, 5.74) is 2.35. The van der Waals surface area contributed by atoms with Gasteiger partial charge in [0.1, 0.15) is 0 Å². The molecule has 1 aromatic rings. The van der Waals surface area contributed by atoms with E-state index in [9.17, 15) is 5.11 Å². The SMILES string of the molecule is CCc1ccc(C(O)CN(CC)CC(C)CC)cc1. The Kier molecular flexibility index (Phi) is 7.11. The standard InChI is InChI=1S/C17H29NO/c1-5-14(4)12-18(7-3)13-17(19)16-10-8-15(6-2)9-11-16/h8-11,14,17,19H,5-7,12-13H2,1-4H3. The second-order valence-electron chi connectivity index (χ2n) is 5.48. The van der Waals surface area contributed by atoms with Gasteiger partial charge in [-0.25, -0.2) is 0 Å². The van der Waals surface area contributed by atoms with Crippen molar-refractivity contribution in [2.45, 2.75) is 46.6 Å². The summed E-state index contributed by atoms with van der Waals surface area (Å²) >= 11 is 0. The molecule has 108 valence electrons. The first-order chi connectivity index (χ1) is 9.10. The van der Waals surface area contributed by atoms with Gasteiger partial charge < -0.3 is 10.0 Å². The number of aryl methyl sites for hydroxylation is 1. The minimum atomic E-state index is -0.380. The van der Waals surface area contributed by atoms with Crippen LogP contribution in [-0.2, 0) is 6.42 Å². The summed E-state index contributed by atoms with van der Waals surface area (Å²) in [4.78, 5) is 2.34. The van der Waals surface area contributed by atoms with Crippen LogP contribution < -0.4 is 0 Å². The summed E-state index contributed by atoms with van der Waals surface area (Å²) in [6.07, 6.45) is 1.86. The highest BCUT2D eigenvalue weighted by Crippen LogP contribution is 2.16. The maximum Gasteiger partial charge on any atom is 0.0916 e. The van der Waals surface area contributed by atoms with E-state index in [1.165, 1.54) is 12.0 Å². The zero-order valence-electron chi connectivity index (χ0n) is 12.9. The molecule has 2 atom stereocenters. The Morgan fingerprint density at radius 1 is 1.05 bits per heavy atom. The Hall–Kier alpha value is -0.860. The van der Waals surface area contributed by atoms with E-state index in [2.05, 4.69) is 56.9 Å². The highest BCUT2D eigenvalue weighted by Gasteiger charge is 2.14. The topological polar surface area (TPSA) is 23.5 Å². The van der Waals surface area contributed by atoms with E-state index in [1.807, 2.05) is 0 Å². The molecule has 0 saturated carbocycles. The largest absolute Gasteiger partial charge is 0.387 e. The highest BCUT2D eigenvalue weighted by molar-refractivity contribution is 5.24.